The van der Waals surface area contributed by atoms with Crippen LogP contribution in [-0.4, -0.2) is 35.4 Å². The van der Waals surface area contributed by atoms with Gasteiger partial charge in [0.15, 0.2) is 14.9 Å². The second kappa shape index (κ2) is 5.93. The number of hydrogen-bond donors (Lipinski definition) is 2. The minimum atomic E-state index is -3.43. The molecule has 0 amide bonds. The van der Waals surface area contributed by atoms with Crippen LogP contribution in [0.3, 0.4) is 0 Å². The summed E-state index contributed by atoms with van der Waals surface area (Å²) in [4.78, 5) is 4.08. The number of rotatable bonds is 3. The molecule has 118 valence electrons. The summed E-state index contributed by atoms with van der Waals surface area (Å²) in [6.07, 6.45) is 5.06. The predicted octanol–water partition coefficient (Wildman–Crippen LogP) is 2.37. The number of nitrogens with one attached hydrogen (secondary N) is 1. The number of nitrogens with zero attached hydrogens (tertiary/aromatic N) is 1. The molecule has 21 heavy (non-hydrogen) atoms. The molecule has 0 aromatic carbocycles. The lowest BCUT2D eigenvalue weighted by molar-refractivity contribution is 0.116. The number of aliphatic hydroxyl groups excluding tert-OH is 1. The largest absolute Gasteiger partial charge is 0.391 e. The quantitative estimate of drug-likeness (QED) is 0.896. The fraction of sp³-hybridized carbons (Fsp3) is 0.667. The third-order valence-corrected chi connectivity index (χ3v) is 6.30. The third kappa shape index (κ3) is 3.55. The van der Waals surface area contributed by atoms with E-state index in [-0.39, 0.29) is 17.2 Å². The summed E-state index contributed by atoms with van der Waals surface area (Å²) in [5.74, 6) is 0. The Bertz CT molecular complexity index is 576. The first-order valence-corrected chi connectivity index (χ1v) is 8.85. The van der Waals surface area contributed by atoms with Crippen molar-refractivity contribution >= 4 is 15.5 Å². The number of pyridine rings is 1. The Kier molecular flexibility index (Phi) is 4.58. The highest BCUT2D eigenvalue weighted by atomic mass is 32.2. The molecule has 0 bridgehead atoms. The molecule has 0 radical (unpaired) electrons. The Morgan fingerprint density at radius 3 is 2.43 bits per heavy atom. The summed E-state index contributed by atoms with van der Waals surface area (Å²) in [6, 6.07) is 3.26. The van der Waals surface area contributed by atoms with Gasteiger partial charge in [-0.05, 0) is 45.7 Å². The zero-order chi connectivity index (χ0) is 15.7. The van der Waals surface area contributed by atoms with Gasteiger partial charge in [-0.1, -0.05) is 12.8 Å². The molecular formula is C15H24N2O3S. The summed E-state index contributed by atoms with van der Waals surface area (Å²) in [5.41, 5.74) is 0.744. The van der Waals surface area contributed by atoms with Crippen molar-refractivity contribution in [1.29, 1.82) is 0 Å². The summed E-state index contributed by atoms with van der Waals surface area (Å²) < 4.78 is 23.7. The van der Waals surface area contributed by atoms with E-state index in [0.29, 0.717) is 0 Å². The number of sulfone groups is 1. The maximum Gasteiger partial charge on any atom is 0.200 e. The van der Waals surface area contributed by atoms with E-state index in [1.165, 1.54) is 12.3 Å². The van der Waals surface area contributed by atoms with Crippen LogP contribution >= 0.6 is 0 Å². The van der Waals surface area contributed by atoms with Gasteiger partial charge in [0, 0.05) is 0 Å². The van der Waals surface area contributed by atoms with Gasteiger partial charge >= 0.3 is 0 Å². The Balaban J connectivity index is 2.13. The Hall–Kier alpha value is -1.14. The van der Waals surface area contributed by atoms with Gasteiger partial charge in [-0.3, -0.25) is 0 Å². The van der Waals surface area contributed by atoms with Crippen LogP contribution in [0.4, 0.5) is 5.69 Å². The number of anilines is 1. The van der Waals surface area contributed by atoms with Crippen LogP contribution in [0.15, 0.2) is 23.4 Å². The summed E-state index contributed by atoms with van der Waals surface area (Å²) >= 11 is 0. The van der Waals surface area contributed by atoms with Crippen molar-refractivity contribution in [1.82, 2.24) is 4.98 Å². The molecule has 0 spiro atoms. The second-order valence-electron chi connectivity index (χ2n) is 6.60. The molecule has 6 heteroatoms. The number of aliphatic hydroxyl groups is 1. The van der Waals surface area contributed by atoms with Crippen molar-refractivity contribution in [3.63, 3.8) is 0 Å². The Morgan fingerprint density at radius 2 is 1.90 bits per heavy atom. The predicted molar refractivity (Wildman–Crippen MR) is 83.1 cm³/mol. The molecule has 1 saturated carbocycles. The van der Waals surface area contributed by atoms with Crippen molar-refractivity contribution in [2.24, 2.45) is 0 Å². The van der Waals surface area contributed by atoms with Crippen LogP contribution in [0.2, 0.25) is 0 Å². The minimum absolute atomic E-state index is 0.0191. The molecule has 2 N–H and O–H groups in total. The van der Waals surface area contributed by atoms with Gasteiger partial charge in [-0.2, -0.15) is 0 Å². The highest BCUT2D eigenvalue weighted by Gasteiger charge is 2.32. The van der Waals surface area contributed by atoms with Gasteiger partial charge in [-0.25, -0.2) is 13.4 Å². The lowest BCUT2D eigenvalue weighted by Crippen LogP contribution is -2.36. The maximum absolute atomic E-state index is 12.3. The zero-order valence-electron chi connectivity index (χ0n) is 12.8. The standard InChI is InChI=1S/C15H24N2O3S/c1-15(2,3)21(19,20)14-9-8-11(10-16-14)17-12-6-4-5-7-13(12)18/h8-10,12-13,17-18H,4-7H2,1-3H3/t12-,13-/m0/s1. The fourth-order valence-electron chi connectivity index (χ4n) is 2.43. The summed E-state index contributed by atoms with van der Waals surface area (Å²) in [7, 11) is -3.43. The smallest absolute Gasteiger partial charge is 0.200 e. The van der Waals surface area contributed by atoms with Crippen molar-refractivity contribution < 1.29 is 13.5 Å². The van der Waals surface area contributed by atoms with Crippen molar-refractivity contribution in [2.45, 2.75) is 68.4 Å². The molecule has 1 aliphatic carbocycles. The zero-order valence-corrected chi connectivity index (χ0v) is 13.7. The monoisotopic (exact) mass is 312 g/mol. The normalized spacial score (nSPS) is 23.8. The van der Waals surface area contributed by atoms with Gasteiger partial charge in [0.1, 0.15) is 0 Å². The first kappa shape index (κ1) is 16.2. The van der Waals surface area contributed by atoms with Crippen LogP contribution in [0.1, 0.15) is 46.5 Å². The molecule has 5 nitrogen and oxygen atoms in total. The molecule has 0 saturated heterocycles. The molecule has 1 fully saturated rings. The Morgan fingerprint density at radius 1 is 1.24 bits per heavy atom. The highest BCUT2D eigenvalue weighted by molar-refractivity contribution is 7.92. The second-order valence-corrected chi connectivity index (χ2v) is 9.25. The number of hydrogen-bond acceptors (Lipinski definition) is 5. The highest BCUT2D eigenvalue weighted by Crippen LogP contribution is 2.25. The maximum atomic E-state index is 12.3. The van der Waals surface area contributed by atoms with E-state index in [1.54, 1.807) is 26.8 Å². The third-order valence-electron chi connectivity index (χ3n) is 3.90. The molecule has 0 aliphatic heterocycles. The number of aromatic nitrogens is 1. The van der Waals surface area contributed by atoms with E-state index in [4.69, 9.17) is 0 Å². The van der Waals surface area contributed by atoms with Gasteiger partial charge in [0.05, 0.1) is 28.8 Å². The van der Waals surface area contributed by atoms with E-state index in [1.807, 2.05) is 0 Å². The van der Waals surface area contributed by atoms with Crippen LogP contribution < -0.4 is 5.32 Å². The van der Waals surface area contributed by atoms with Crippen molar-refractivity contribution in [3.05, 3.63) is 18.3 Å². The van der Waals surface area contributed by atoms with Crippen LogP contribution in [0, 0.1) is 0 Å². The lowest BCUT2D eigenvalue weighted by atomic mass is 9.92. The van der Waals surface area contributed by atoms with Crippen LogP contribution in [-0.2, 0) is 9.84 Å². The fourth-order valence-corrected chi connectivity index (χ4v) is 3.50. The summed E-state index contributed by atoms with van der Waals surface area (Å²) in [6.45, 7) is 4.98. The van der Waals surface area contributed by atoms with E-state index in [0.717, 1.165) is 31.4 Å². The van der Waals surface area contributed by atoms with Gasteiger partial charge < -0.3 is 10.4 Å². The average molecular weight is 312 g/mol. The molecule has 1 aromatic rings. The minimum Gasteiger partial charge on any atom is -0.391 e. The topological polar surface area (TPSA) is 79.3 Å². The molecule has 1 heterocycles. The van der Waals surface area contributed by atoms with Gasteiger partial charge in [0.2, 0.25) is 0 Å². The van der Waals surface area contributed by atoms with Crippen LogP contribution in [0.5, 0.6) is 0 Å². The molecule has 0 unspecified atom stereocenters. The first-order chi connectivity index (χ1) is 9.72. The summed E-state index contributed by atoms with van der Waals surface area (Å²) in [5, 5.41) is 13.3. The molecular weight excluding hydrogens is 288 g/mol. The van der Waals surface area contributed by atoms with Gasteiger partial charge in [-0.15, -0.1) is 0 Å². The van der Waals surface area contributed by atoms with Crippen molar-refractivity contribution in [2.75, 3.05) is 5.32 Å². The molecule has 2 rings (SSSR count). The lowest BCUT2D eigenvalue weighted by Gasteiger charge is -2.29. The Labute approximate surface area is 126 Å². The van der Waals surface area contributed by atoms with Crippen molar-refractivity contribution in [3.8, 4) is 0 Å². The van der Waals surface area contributed by atoms with Crippen LogP contribution in [0.25, 0.3) is 0 Å². The van der Waals surface area contributed by atoms with E-state index < -0.39 is 14.6 Å². The molecule has 1 aromatic heterocycles. The first-order valence-electron chi connectivity index (χ1n) is 7.37. The SMILES string of the molecule is CC(C)(C)S(=O)(=O)c1ccc(N[C@H]2CCCC[C@@H]2O)cn1. The van der Waals surface area contributed by atoms with E-state index in [9.17, 15) is 13.5 Å². The van der Waals surface area contributed by atoms with E-state index in [2.05, 4.69) is 10.3 Å². The van der Waals surface area contributed by atoms with Gasteiger partial charge in [0.25, 0.3) is 0 Å². The molecule has 2 atom stereocenters. The molecule has 1 aliphatic rings. The average Bonchev–Trinajstić information content (AvgIpc) is 2.41. The van der Waals surface area contributed by atoms with E-state index >= 15 is 0 Å².